The number of methoxy groups -OCH3 is 1. The number of furan rings is 1. The molecule has 1 aromatic heterocycles. The number of hydrogen-bond acceptors (Lipinski definition) is 5. The third kappa shape index (κ3) is 3.72. The molecular formula is C24H21NO5. The van der Waals surface area contributed by atoms with Gasteiger partial charge in [0.2, 0.25) is 0 Å². The minimum absolute atomic E-state index is 0.390. The zero-order valence-electron chi connectivity index (χ0n) is 16.9. The molecule has 0 saturated carbocycles. The second-order valence-electron chi connectivity index (χ2n) is 7.05. The van der Waals surface area contributed by atoms with Gasteiger partial charge < -0.3 is 19.2 Å². The number of carbonyl (C=O) groups is 2. The number of aryl methyl sites for hydroxylation is 1. The maximum Gasteiger partial charge on any atom is 0.338 e. The Morgan fingerprint density at radius 3 is 2.43 bits per heavy atom. The third-order valence-electron chi connectivity index (χ3n) is 4.90. The molecule has 30 heavy (non-hydrogen) atoms. The Bertz CT molecular complexity index is 1240. The van der Waals surface area contributed by atoms with Crippen LogP contribution in [-0.4, -0.2) is 25.1 Å². The van der Waals surface area contributed by atoms with Crippen LogP contribution in [0.15, 0.2) is 65.1 Å². The number of para-hydroxylation sites is 1. The molecule has 1 heterocycles. The van der Waals surface area contributed by atoms with Crippen molar-refractivity contribution in [3.05, 3.63) is 71.8 Å². The number of anilines is 1. The van der Waals surface area contributed by atoms with Gasteiger partial charge in [-0.2, -0.15) is 0 Å². The van der Waals surface area contributed by atoms with Gasteiger partial charge in [-0.15, -0.1) is 0 Å². The van der Waals surface area contributed by atoms with E-state index in [0.29, 0.717) is 22.6 Å². The fourth-order valence-electron chi connectivity index (χ4n) is 3.22. The molecule has 6 nitrogen and oxygen atoms in total. The number of fused-ring (bicyclic) bond motifs is 3. The van der Waals surface area contributed by atoms with Gasteiger partial charge in [0.1, 0.15) is 16.9 Å². The standard InChI is InChI=1S/C24H21NO5/c1-14-8-10-16(11-9-14)24(27)29-15(2)23(26)25-19-13-21-18(12-22(19)28-3)17-6-4-5-7-20(17)30-21/h4-13,15H,1-3H3,(H,25,26)/t15-/m1/s1. The Morgan fingerprint density at radius 2 is 1.70 bits per heavy atom. The van der Waals surface area contributed by atoms with E-state index in [9.17, 15) is 9.59 Å². The molecule has 1 atom stereocenters. The van der Waals surface area contributed by atoms with E-state index in [2.05, 4.69) is 5.32 Å². The lowest BCUT2D eigenvalue weighted by Crippen LogP contribution is -2.30. The van der Waals surface area contributed by atoms with Gasteiger partial charge in [0, 0.05) is 16.8 Å². The third-order valence-corrected chi connectivity index (χ3v) is 4.90. The number of benzene rings is 3. The molecule has 6 heteroatoms. The molecule has 1 amide bonds. The van der Waals surface area contributed by atoms with E-state index in [-0.39, 0.29) is 0 Å². The van der Waals surface area contributed by atoms with Crippen molar-refractivity contribution in [1.82, 2.24) is 0 Å². The quantitative estimate of drug-likeness (QED) is 0.470. The van der Waals surface area contributed by atoms with Gasteiger partial charge in [0.15, 0.2) is 6.10 Å². The Balaban J connectivity index is 1.55. The summed E-state index contributed by atoms with van der Waals surface area (Å²) in [4.78, 5) is 24.9. The van der Waals surface area contributed by atoms with Crippen molar-refractivity contribution in [3.8, 4) is 5.75 Å². The first-order valence-electron chi connectivity index (χ1n) is 9.54. The van der Waals surface area contributed by atoms with Gasteiger partial charge in [0.25, 0.3) is 5.91 Å². The highest BCUT2D eigenvalue weighted by molar-refractivity contribution is 6.08. The molecule has 0 bridgehead atoms. The van der Waals surface area contributed by atoms with Crippen molar-refractivity contribution in [1.29, 1.82) is 0 Å². The summed E-state index contributed by atoms with van der Waals surface area (Å²) in [6.07, 6.45) is -0.991. The summed E-state index contributed by atoms with van der Waals surface area (Å²) in [5.74, 6) is -0.541. The van der Waals surface area contributed by atoms with Gasteiger partial charge in [-0.05, 0) is 38.1 Å². The molecule has 4 aromatic rings. The Hall–Kier alpha value is -3.80. The maximum atomic E-state index is 12.6. The number of carbonyl (C=O) groups excluding carboxylic acids is 2. The molecule has 0 spiro atoms. The van der Waals surface area contributed by atoms with Crippen molar-refractivity contribution in [3.63, 3.8) is 0 Å². The highest BCUT2D eigenvalue weighted by Crippen LogP contribution is 2.36. The molecule has 1 N–H and O–H groups in total. The minimum atomic E-state index is -0.991. The second-order valence-corrected chi connectivity index (χ2v) is 7.05. The first-order valence-corrected chi connectivity index (χ1v) is 9.54. The van der Waals surface area contributed by atoms with E-state index >= 15 is 0 Å². The molecule has 0 aliphatic heterocycles. The van der Waals surface area contributed by atoms with Crippen LogP contribution in [-0.2, 0) is 9.53 Å². The van der Waals surface area contributed by atoms with E-state index < -0.39 is 18.0 Å². The number of hydrogen-bond donors (Lipinski definition) is 1. The highest BCUT2D eigenvalue weighted by atomic mass is 16.5. The molecule has 0 saturated heterocycles. The van der Waals surface area contributed by atoms with Crippen molar-refractivity contribution in [2.75, 3.05) is 12.4 Å². The molecule has 0 unspecified atom stereocenters. The van der Waals surface area contributed by atoms with Crippen LogP contribution in [0.3, 0.4) is 0 Å². The average molecular weight is 403 g/mol. The first kappa shape index (κ1) is 19.5. The zero-order chi connectivity index (χ0) is 21.3. The van der Waals surface area contributed by atoms with E-state index in [0.717, 1.165) is 21.9 Å². The zero-order valence-corrected chi connectivity index (χ0v) is 16.9. The number of nitrogens with one attached hydrogen (secondary N) is 1. The van der Waals surface area contributed by atoms with Crippen LogP contribution in [0.4, 0.5) is 5.69 Å². The van der Waals surface area contributed by atoms with Crippen LogP contribution < -0.4 is 10.1 Å². The monoisotopic (exact) mass is 403 g/mol. The van der Waals surface area contributed by atoms with E-state index in [4.69, 9.17) is 13.9 Å². The summed E-state index contributed by atoms with van der Waals surface area (Å²) < 4.78 is 16.6. The van der Waals surface area contributed by atoms with Crippen molar-refractivity contribution in [2.45, 2.75) is 20.0 Å². The van der Waals surface area contributed by atoms with Gasteiger partial charge >= 0.3 is 5.97 Å². The molecule has 4 rings (SSSR count). The van der Waals surface area contributed by atoms with Crippen LogP contribution >= 0.6 is 0 Å². The summed E-state index contributed by atoms with van der Waals surface area (Å²) in [5, 5.41) is 4.61. The highest BCUT2D eigenvalue weighted by Gasteiger charge is 2.21. The summed E-state index contributed by atoms with van der Waals surface area (Å²) in [6, 6.07) is 18.2. The SMILES string of the molecule is COc1cc2c(cc1NC(=O)[C@@H](C)OC(=O)c1ccc(C)cc1)oc1ccccc12. The van der Waals surface area contributed by atoms with Gasteiger partial charge in [0.05, 0.1) is 18.4 Å². The molecular weight excluding hydrogens is 382 g/mol. The lowest BCUT2D eigenvalue weighted by Gasteiger charge is -2.15. The van der Waals surface area contributed by atoms with E-state index in [1.54, 1.807) is 18.2 Å². The molecule has 0 aliphatic carbocycles. The number of rotatable bonds is 5. The number of amides is 1. The fourth-order valence-corrected chi connectivity index (χ4v) is 3.22. The van der Waals surface area contributed by atoms with E-state index in [1.807, 2.05) is 49.4 Å². The maximum absolute atomic E-state index is 12.6. The van der Waals surface area contributed by atoms with Crippen LogP contribution in [0.25, 0.3) is 21.9 Å². The Morgan fingerprint density at radius 1 is 0.967 bits per heavy atom. The normalized spacial score (nSPS) is 12.0. The second kappa shape index (κ2) is 7.91. The number of ether oxygens (including phenoxy) is 2. The predicted molar refractivity (Wildman–Crippen MR) is 115 cm³/mol. The fraction of sp³-hybridized carbons (Fsp3) is 0.167. The van der Waals surface area contributed by atoms with Gasteiger partial charge in [-0.1, -0.05) is 35.9 Å². The Labute approximate surface area is 173 Å². The molecule has 152 valence electrons. The summed E-state index contributed by atoms with van der Waals surface area (Å²) >= 11 is 0. The Kier molecular flexibility index (Phi) is 5.14. The summed E-state index contributed by atoms with van der Waals surface area (Å²) in [7, 11) is 1.53. The average Bonchev–Trinajstić information content (AvgIpc) is 3.10. The molecule has 0 fully saturated rings. The number of esters is 1. The van der Waals surface area contributed by atoms with Crippen molar-refractivity contribution in [2.24, 2.45) is 0 Å². The largest absolute Gasteiger partial charge is 0.495 e. The van der Waals surface area contributed by atoms with Crippen molar-refractivity contribution >= 4 is 39.5 Å². The lowest BCUT2D eigenvalue weighted by molar-refractivity contribution is -0.123. The smallest absolute Gasteiger partial charge is 0.338 e. The summed E-state index contributed by atoms with van der Waals surface area (Å²) in [6.45, 7) is 3.45. The predicted octanol–water partition coefficient (Wildman–Crippen LogP) is 5.09. The van der Waals surface area contributed by atoms with Crippen LogP contribution in [0.5, 0.6) is 5.75 Å². The van der Waals surface area contributed by atoms with Gasteiger partial charge in [-0.3, -0.25) is 4.79 Å². The van der Waals surface area contributed by atoms with Gasteiger partial charge in [-0.25, -0.2) is 4.79 Å². The molecule has 3 aromatic carbocycles. The van der Waals surface area contributed by atoms with Crippen molar-refractivity contribution < 1.29 is 23.5 Å². The molecule has 0 aliphatic rings. The minimum Gasteiger partial charge on any atom is -0.495 e. The summed E-state index contributed by atoms with van der Waals surface area (Å²) in [5.41, 5.74) is 3.23. The topological polar surface area (TPSA) is 77.8 Å². The first-order chi connectivity index (χ1) is 14.5. The van der Waals surface area contributed by atoms with Crippen LogP contribution in [0.1, 0.15) is 22.8 Å². The lowest BCUT2D eigenvalue weighted by atomic mass is 10.1. The van der Waals surface area contributed by atoms with Crippen LogP contribution in [0.2, 0.25) is 0 Å². The molecule has 0 radical (unpaired) electrons. The van der Waals surface area contributed by atoms with Crippen LogP contribution in [0, 0.1) is 6.92 Å². The van der Waals surface area contributed by atoms with E-state index in [1.165, 1.54) is 14.0 Å².